The smallest absolute Gasteiger partial charge is 0.244 e. The molecule has 0 aliphatic rings. The Labute approximate surface area is 227 Å². The number of sulfonamides is 1. The van der Waals surface area contributed by atoms with Crippen molar-refractivity contribution in [3.8, 4) is 0 Å². The molecule has 0 fully saturated rings. The molecule has 0 bridgehead atoms. The van der Waals surface area contributed by atoms with Gasteiger partial charge in [0.2, 0.25) is 21.8 Å². The molecular weight excluding hydrogens is 517 g/mol. The summed E-state index contributed by atoms with van der Waals surface area (Å²) in [6.45, 7) is -0.534. The normalized spacial score (nSPS) is 12.1. The van der Waals surface area contributed by atoms with Gasteiger partial charge >= 0.3 is 0 Å². The van der Waals surface area contributed by atoms with Crippen LogP contribution in [0.5, 0.6) is 0 Å². The number of rotatable bonds is 10. The summed E-state index contributed by atoms with van der Waals surface area (Å²) >= 11 is 0. The van der Waals surface area contributed by atoms with Gasteiger partial charge in [0.15, 0.2) is 0 Å². The van der Waals surface area contributed by atoms with E-state index < -0.39 is 40.2 Å². The second kappa shape index (κ2) is 12.1. The number of hydrogen-bond acceptors (Lipinski definition) is 4. The van der Waals surface area contributed by atoms with Gasteiger partial charge in [-0.25, -0.2) is 12.8 Å². The monoisotopic (exact) mass is 547 g/mol. The molecule has 202 valence electrons. The lowest BCUT2D eigenvalue weighted by Gasteiger charge is -2.33. The van der Waals surface area contributed by atoms with Crippen LogP contribution >= 0.6 is 0 Å². The first-order valence-electron chi connectivity index (χ1n) is 12.4. The van der Waals surface area contributed by atoms with Crippen molar-refractivity contribution in [2.24, 2.45) is 0 Å². The van der Waals surface area contributed by atoms with Gasteiger partial charge in [0, 0.05) is 25.4 Å². The van der Waals surface area contributed by atoms with Gasteiger partial charge in [-0.05, 0) is 34.7 Å². The van der Waals surface area contributed by atoms with E-state index in [4.69, 9.17) is 0 Å². The zero-order valence-corrected chi connectivity index (χ0v) is 22.6. The van der Waals surface area contributed by atoms with E-state index in [1.54, 1.807) is 24.3 Å². The first kappa shape index (κ1) is 27.8. The molecule has 0 aliphatic carbocycles. The van der Waals surface area contributed by atoms with E-state index in [1.807, 2.05) is 48.5 Å². The third kappa shape index (κ3) is 6.80. The van der Waals surface area contributed by atoms with E-state index in [0.717, 1.165) is 21.5 Å². The van der Waals surface area contributed by atoms with E-state index in [-0.39, 0.29) is 13.0 Å². The van der Waals surface area contributed by atoms with Crippen molar-refractivity contribution in [2.75, 3.05) is 24.2 Å². The third-order valence-electron chi connectivity index (χ3n) is 6.50. The maximum atomic E-state index is 14.0. The van der Waals surface area contributed by atoms with Crippen molar-refractivity contribution < 1.29 is 22.4 Å². The Morgan fingerprint density at radius 1 is 0.846 bits per heavy atom. The quantitative estimate of drug-likeness (QED) is 0.324. The van der Waals surface area contributed by atoms with Crippen LogP contribution in [0.2, 0.25) is 0 Å². The third-order valence-corrected chi connectivity index (χ3v) is 7.62. The Balaban J connectivity index is 1.76. The van der Waals surface area contributed by atoms with Crippen molar-refractivity contribution >= 4 is 38.3 Å². The number of nitrogens with zero attached hydrogens (tertiary/aromatic N) is 2. The highest BCUT2D eigenvalue weighted by molar-refractivity contribution is 7.92. The number of likely N-dealkylation sites (N-methyl/N-ethyl adjacent to an activating group) is 1. The number of fused-ring (bicyclic) bond motifs is 1. The summed E-state index contributed by atoms with van der Waals surface area (Å²) in [7, 11) is -2.41. The van der Waals surface area contributed by atoms with Crippen LogP contribution in [0, 0.1) is 5.82 Å². The molecule has 0 saturated heterocycles. The number of amides is 2. The van der Waals surface area contributed by atoms with Gasteiger partial charge < -0.3 is 10.2 Å². The second-order valence-electron chi connectivity index (χ2n) is 9.24. The molecule has 0 heterocycles. The van der Waals surface area contributed by atoms with Crippen LogP contribution < -0.4 is 9.62 Å². The van der Waals surface area contributed by atoms with Crippen LogP contribution in [0.25, 0.3) is 10.8 Å². The minimum absolute atomic E-state index is 0.0167. The first-order chi connectivity index (χ1) is 18.7. The van der Waals surface area contributed by atoms with Crippen LogP contribution in [-0.2, 0) is 32.6 Å². The van der Waals surface area contributed by atoms with Gasteiger partial charge in [-0.2, -0.15) is 0 Å². The topological polar surface area (TPSA) is 86.8 Å². The molecule has 0 spiro atoms. The molecule has 1 N–H and O–H groups in total. The molecule has 1 atom stereocenters. The van der Waals surface area contributed by atoms with Crippen LogP contribution in [0.1, 0.15) is 11.1 Å². The Kier molecular flexibility index (Phi) is 8.61. The fourth-order valence-corrected chi connectivity index (χ4v) is 5.39. The Morgan fingerprint density at radius 2 is 1.49 bits per heavy atom. The molecule has 0 aliphatic heterocycles. The molecule has 4 aromatic carbocycles. The summed E-state index contributed by atoms with van der Waals surface area (Å²) in [4.78, 5) is 28.5. The van der Waals surface area contributed by atoms with E-state index >= 15 is 0 Å². The van der Waals surface area contributed by atoms with Gasteiger partial charge in [-0.3, -0.25) is 13.9 Å². The van der Waals surface area contributed by atoms with Crippen molar-refractivity contribution in [3.63, 3.8) is 0 Å². The van der Waals surface area contributed by atoms with Crippen molar-refractivity contribution in [1.29, 1.82) is 0 Å². The van der Waals surface area contributed by atoms with Crippen molar-refractivity contribution in [2.45, 2.75) is 19.0 Å². The fraction of sp³-hybridized carbons (Fsp3) is 0.200. The highest BCUT2D eigenvalue weighted by Crippen LogP contribution is 2.29. The van der Waals surface area contributed by atoms with Gasteiger partial charge in [0.25, 0.3) is 0 Å². The number of nitrogens with one attached hydrogen (secondary N) is 1. The van der Waals surface area contributed by atoms with Crippen LogP contribution in [0.3, 0.4) is 0 Å². The summed E-state index contributed by atoms with van der Waals surface area (Å²) in [6, 6.07) is 26.5. The summed E-state index contributed by atoms with van der Waals surface area (Å²) in [5.74, 6) is -1.39. The average molecular weight is 548 g/mol. The molecule has 9 heteroatoms. The predicted molar refractivity (Wildman–Crippen MR) is 151 cm³/mol. The van der Waals surface area contributed by atoms with Crippen LogP contribution in [0.4, 0.5) is 10.1 Å². The van der Waals surface area contributed by atoms with E-state index in [1.165, 1.54) is 36.2 Å². The van der Waals surface area contributed by atoms with Crippen molar-refractivity contribution in [3.05, 3.63) is 114 Å². The van der Waals surface area contributed by atoms with Gasteiger partial charge in [-0.15, -0.1) is 0 Å². The predicted octanol–water partition coefficient (Wildman–Crippen LogP) is 4.13. The number of anilines is 1. The fourth-order valence-electron chi connectivity index (χ4n) is 4.53. The van der Waals surface area contributed by atoms with Crippen LogP contribution in [0.15, 0.2) is 97.1 Å². The first-order valence-corrected chi connectivity index (χ1v) is 14.3. The summed E-state index contributed by atoms with van der Waals surface area (Å²) in [5, 5.41) is 4.13. The number of halogens is 1. The number of carbonyl (C=O) groups excluding carboxylic acids is 2. The number of carbonyl (C=O) groups is 2. The molecule has 0 radical (unpaired) electrons. The maximum absolute atomic E-state index is 14.0. The lowest BCUT2D eigenvalue weighted by molar-refractivity contribution is -0.139. The SMILES string of the molecule is CNC(=O)C(Cc1ccccc1)N(Cc1ccc(F)cc1)C(=O)CN(c1cccc2ccccc12)S(C)(=O)=O. The van der Waals surface area contributed by atoms with E-state index in [2.05, 4.69) is 5.32 Å². The summed E-state index contributed by atoms with van der Waals surface area (Å²) in [6.07, 6.45) is 1.26. The van der Waals surface area contributed by atoms with Crippen molar-refractivity contribution in [1.82, 2.24) is 10.2 Å². The standard InChI is InChI=1S/C30H30FN3O4S/c1-32-30(36)28(19-22-9-4-3-5-10-22)33(20-23-15-17-25(31)18-16-23)29(35)21-34(39(2,37)38)27-14-8-12-24-11-6-7-13-26(24)27/h3-18,28H,19-21H2,1-2H3,(H,32,36). The van der Waals surface area contributed by atoms with E-state index in [9.17, 15) is 22.4 Å². The highest BCUT2D eigenvalue weighted by Gasteiger charge is 2.33. The summed E-state index contributed by atoms with van der Waals surface area (Å²) < 4.78 is 40.7. The second-order valence-corrected chi connectivity index (χ2v) is 11.1. The zero-order valence-electron chi connectivity index (χ0n) is 21.7. The lowest BCUT2D eigenvalue weighted by Crippen LogP contribution is -2.52. The Hall–Kier alpha value is -4.24. The molecule has 0 saturated carbocycles. The number of benzene rings is 4. The Morgan fingerprint density at radius 3 is 2.15 bits per heavy atom. The largest absolute Gasteiger partial charge is 0.357 e. The van der Waals surface area contributed by atoms with Gasteiger partial charge in [0.05, 0.1) is 11.9 Å². The van der Waals surface area contributed by atoms with E-state index in [0.29, 0.717) is 16.6 Å². The van der Waals surface area contributed by atoms with Gasteiger partial charge in [-0.1, -0.05) is 78.9 Å². The minimum atomic E-state index is -3.89. The van der Waals surface area contributed by atoms with Crippen LogP contribution in [-0.4, -0.2) is 51.0 Å². The lowest BCUT2D eigenvalue weighted by atomic mass is 10.0. The molecule has 4 aromatic rings. The van der Waals surface area contributed by atoms with Gasteiger partial charge in [0.1, 0.15) is 18.4 Å². The molecule has 2 amide bonds. The Bertz CT molecular complexity index is 1560. The average Bonchev–Trinajstić information content (AvgIpc) is 2.93. The molecule has 7 nitrogen and oxygen atoms in total. The highest BCUT2D eigenvalue weighted by atomic mass is 32.2. The molecule has 0 aromatic heterocycles. The minimum Gasteiger partial charge on any atom is -0.357 e. The molecule has 4 rings (SSSR count). The molecule has 1 unspecified atom stereocenters. The zero-order chi connectivity index (χ0) is 28.0. The molecular formula is C30H30FN3O4S. The molecule has 39 heavy (non-hydrogen) atoms. The summed E-state index contributed by atoms with van der Waals surface area (Å²) in [5.41, 5.74) is 1.80. The maximum Gasteiger partial charge on any atom is 0.244 e. The number of hydrogen-bond donors (Lipinski definition) is 1.